The smallest absolute Gasteiger partial charge is 0.171 e. The Morgan fingerprint density at radius 2 is 2.50 bits per heavy atom. The van der Waals surface area contributed by atoms with E-state index in [9.17, 15) is 0 Å². The molecule has 0 aromatic carbocycles. The molecule has 18 heavy (non-hydrogen) atoms. The summed E-state index contributed by atoms with van der Waals surface area (Å²) in [6.45, 7) is 1.56. The number of amidine groups is 1. The van der Waals surface area contributed by atoms with E-state index in [4.69, 9.17) is 27.3 Å². The normalized spacial score (nSPS) is 20.4. The molecular formula is C11H15ClN4O2. The molecule has 1 aromatic rings. The first kappa shape index (κ1) is 12.9. The molecule has 0 aliphatic carbocycles. The van der Waals surface area contributed by atoms with Crippen LogP contribution in [0.15, 0.2) is 17.4 Å². The topological polar surface area (TPSA) is 84.0 Å². The Morgan fingerprint density at radius 3 is 3.11 bits per heavy atom. The SMILES string of the molecule is COC1CCN(c2nccc(/C(N)=N/O)c2Cl)C1. The van der Waals surface area contributed by atoms with E-state index >= 15 is 0 Å². The number of rotatable bonds is 3. The maximum Gasteiger partial charge on any atom is 0.171 e. The van der Waals surface area contributed by atoms with Crippen molar-refractivity contribution in [3.05, 3.63) is 22.8 Å². The van der Waals surface area contributed by atoms with E-state index in [1.807, 2.05) is 4.90 Å². The highest BCUT2D eigenvalue weighted by molar-refractivity contribution is 6.36. The predicted octanol–water partition coefficient (Wildman–Crippen LogP) is 1.05. The van der Waals surface area contributed by atoms with Crippen LogP contribution in [0.2, 0.25) is 5.02 Å². The number of aromatic nitrogens is 1. The molecule has 1 aliphatic heterocycles. The van der Waals surface area contributed by atoms with Crippen molar-refractivity contribution in [2.75, 3.05) is 25.1 Å². The van der Waals surface area contributed by atoms with E-state index in [0.29, 0.717) is 16.4 Å². The molecule has 2 heterocycles. The van der Waals surface area contributed by atoms with Gasteiger partial charge < -0.3 is 20.6 Å². The standard InChI is InChI=1S/C11H15ClN4O2/c1-18-7-3-5-16(6-7)11-9(12)8(2-4-14-11)10(13)15-17/h2,4,7,17H,3,5-6H2,1H3,(H2,13,15). The van der Waals surface area contributed by atoms with E-state index in [1.165, 1.54) is 0 Å². The van der Waals surface area contributed by atoms with Crippen LogP contribution in [-0.2, 0) is 4.74 Å². The van der Waals surface area contributed by atoms with Crippen molar-refractivity contribution in [1.29, 1.82) is 0 Å². The van der Waals surface area contributed by atoms with Crippen molar-refractivity contribution in [2.24, 2.45) is 10.9 Å². The van der Waals surface area contributed by atoms with E-state index in [1.54, 1.807) is 19.4 Å². The van der Waals surface area contributed by atoms with Gasteiger partial charge in [-0.15, -0.1) is 0 Å². The third-order valence-corrected chi connectivity index (χ3v) is 3.41. The number of ether oxygens (including phenoxy) is 1. The molecule has 1 aliphatic rings. The van der Waals surface area contributed by atoms with Crippen molar-refractivity contribution in [3.63, 3.8) is 0 Å². The molecule has 2 rings (SSSR count). The number of nitrogens with two attached hydrogens (primary N) is 1. The molecule has 1 saturated heterocycles. The average molecular weight is 271 g/mol. The molecule has 1 fully saturated rings. The van der Waals surface area contributed by atoms with Crippen molar-refractivity contribution >= 4 is 23.3 Å². The first-order valence-corrected chi connectivity index (χ1v) is 5.95. The van der Waals surface area contributed by atoms with Crippen LogP contribution >= 0.6 is 11.6 Å². The number of pyridine rings is 1. The number of hydrogen-bond acceptors (Lipinski definition) is 5. The summed E-state index contributed by atoms with van der Waals surface area (Å²) in [5, 5.41) is 12.0. The Kier molecular flexibility index (Phi) is 3.88. The van der Waals surface area contributed by atoms with Gasteiger partial charge in [0.2, 0.25) is 0 Å². The molecule has 0 spiro atoms. The van der Waals surface area contributed by atoms with E-state index < -0.39 is 0 Å². The van der Waals surface area contributed by atoms with Gasteiger partial charge in [-0.05, 0) is 12.5 Å². The molecule has 7 heteroatoms. The van der Waals surface area contributed by atoms with Crippen LogP contribution < -0.4 is 10.6 Å². The number of hydrogen-bond donors (Lipinski definition) is 2. The summed E-state index contributed by atoms with van der Waals surface area (Å²) >= 11 is 6.24. The molecule has 6 nitrogen and oxygen atoms in total. The van der Waals surface area contributed by atoms with Crippen LogP contribution in [0, 0.1) is 0 Å². The van der Waals surface area contributed by atoms with E-state index in [-0.39, 0.29) is 11.9 Å². The number of anilines is 1. The fourth-order valence-electron chi connectivity index (χ4n) is 2.02. The summed E-state index contributed by atoms with van der Waals surface area (Å²) in [6, 6.07) is 1.62. The maximum atomic E-state index is 8.70. The van der Waals surface area contributed by atoms with Gasteiger partial charge in [0.15, 0.2) is 5.84 Å². The fraction of sp³-hybridized carbons (Fsp3) is 0.455. The van der Waals surface area contributed by atoms with Crippen molar-refractivity contribution in [2.45, 2.75) is 12.5 Å². The van der Waals surface area contributed by atoms with Gasteiger partial charge in [-0.3, -0.25) is 0 Å². The lowest BCUT2D eigenvalue weighted by molar-refractivity contribution is 0.121. The summed E-state index contributed by atoms with van der Waals surface area (Å²) in [5.74, 6) is 0.617. The van der Waals surface area contributed by atoms with Crippen LogP contribution in [0.4, 0.5) is 5.82 Å². The quantitative estimate of drug-likeness (QED) is 0.371. The van der Waals surface area contributed by atoms with Gasteiger partial charge in [-0.2, -0.15) is 0 Å². The summed E-state index contributed by atoms with van der Waals surface area (Å²) in [5.41, 5.74) is 6.04. The number of methoxy groups -OCH3 is 1. The summed E-state index contributed by atoms with van der Waals surface area (Å²) in [7, 11) is 1.69. The third-order valence-electron chi connectivity index (χ3n) is 3.03. The number of nitrogens with zero attached hydrogens (tertiary/aromatic N) is 3. The van der Waals surface area contributed by atoms with Gasteiger partial charge in [-0.25, -0.2) is 4.98 Å². The minimum atomic E-state index is -0.0221. The largest absolute Gasteiger partial charge is 0.409 e. The van der Waals surface area contributed by atoms with Gasteiger partial charge in [0.1, 0.15) is 5.82 Å². The van der Waals surface area contributed by atoms with Crippen LogP contribution in [0.3, 0.4) is 0 Å². The second kappa shape index (κ2) is 5.41. The molecule has 0 saturated carbocycles. The van der Waals surface area contributed by atoms with Crippen LogP contribution in [0.25, 0.3) is 0 Å². The van der Waals surface area contributed by atoms with Crippen LogP contribution in [0.5, 0.6) is 0 Å². The van der Waals surface area contributed by atoms with Crippen LogP contribution in [-0.4, -0.2) is 42.3 Å². The molecule has 3 N–H and O–H groups in total. The lowest BCUT2D eigenvalue weighted by Gasteiger charge is -2.19. The lowest BCUT2D eigenvalue weighted by atomic mass is 10.2. The van der Waals surface area contributed by atoms with E-state index in [0.717, 1.165) is 19.5 Å². The van der Waals surface area contributed by atoms with Gasteiger partial charge in [0, 0.05) is 32.0 Å². The second-order valence-corrected chi connectivity index (χ2v) is 4.45. The first-order valence-electron chi connectivity index (χ1n) is 5.57. The zero-order valence-corrected chi connectivity index (χ0v) is 10.8. The summed E-state index contributed by atoms with van der Waals surface area (Å²) in [4.78, 5) is 6.29. The molecule has 98 valence electrons. The fourth-order valence-corrected chi connectivity index (χ4v) is 2.35. The molecule has 0 radical (unpaired) electrons. The molecular weight excluding hydrogens is 256 g/mol. The van der Waals surface area contributed by atoms with E-state index in [2.05, 4.69) is 10.1 Å². The third kappa shape index (κ3) is 2.34. The Balaban J connectivity index is 2.30. The van der Waals surface area contributed by atoms with Crippen molar-refractivity contribution in [3.8, 4) is 0 Å². The zero-order valence-electron chi connectivity index (χ0n) is 10.0. The summed E-state index contributed by atoms with van der Waals surface area (Å²) < 4.78 is 5.30. The molecule has 1 unspecified atom stereocenters. The maximum absolute atomic E-state index is 8.70. The van der Waals surface area contributed by atoms with Crippen molar-refractivity contribution < 1.29 is 9.94 Å². The molecule has 0 bridgehead atoms. The molecule has 1 atom stereocenters. The second-order valence-electron chi connectivity index (χ2n) is 4.07. The highest BCUT2D eigenvalue weighted by Gasteiger charge is 2.25. The summed E-state index contributed by atoms with van der Waals surface area (Å²) in [6.07, 6.45) is 2.71. The van der Waals surface area contributed by atoms with Gasteiger partial charge in [0.05, 0.1) is 11.1 Å². The Hall–Kier alpha value is -1.53. The number of halogens is 1. The highest BCUT2D eigenvalue weighted by atomic mass is 35.5. The Labute approximate surface area is 110 Å². The Morgan fingerprint density at radius 1 is 1.72 bits per heavy atom. The molecule has 0 amide bonds. The highest BCUT2D eigenvalue weighted by Crippen LogP contribution is 2.29. The minimum Gasteiger partial charge on any atom is -0.409 e. The predicted molar refractivity (Wildman–Crippen MR) is 69.4 cm³/mol. The van der Waals surface area contributed by atoms with Crippen molar-refractivity contribution in [1.82, 2.24) is 4.98 Å². The lowest BCUT2D eigenvalue weighted by Crippen LogP contribution is -2.24. The van der Waals surface area contributed by atoms with Gasteiger partial charge in [0.25, 0.3) is 0 Å². The van der Waals surface area contributed by atoms with Gasteiger partial charge >= 0.3 is 0 Å². The Bertz CT molecular complexity index is 466. The van der Waals surface area contributed by atoms with Gasteiger partial charge in [-0.1, -0.05) is 16.8 Å². The minimum absolute atomic E-state index is 0.0221. The average Bonchev–Trinajstić information content (AvgIpc) is 2.86. The number of oxime groups is 1. The molecule has 1 aromatic heterocycles. The monoisotopic (exact) mass is 270 g/mol. The van der Waals surface area contributed by atoms with Crippen LogP contribution in [0.1, 0.15) is 12.0 Å². The first-order chi connectivity index (χ1) is 8.67. The zero-order chi connectivity index (χ0) is 13.1.